The second-order valence-electron chi connectivity index (χ2n) is 4.88. The van der Waals surface area contributed by atoms with Crippen molar-refractivity contribution in [1.82, 2.24) is 4.90 Å². The molecule has 1 aromatic carbocycles. The molecule has 1 aromatic rings. The zero-order valence-corrected chi connectivity index (χ0v) is 10.9. The van der Waals surface area contributed by atoms with E-state index in [4.69, 9.17) is 10.00 Å². The summed E-state index contributed by atoms with van der Waals surface area (Å²) in [5.74, 6) is -2.16. The number of hydrogen-bond donors (Lipinski definition) is 0. The SMILES string of the molecule is CN(C)C(C)(C)COc1c(F)cc(C#N)cc1F. The topological polar surface area (TPSA) is 36.3 Å². The molecule has 0 amide bonds. The van der Waals surface area contributed by atoms with Crippen LogP contribution in [-0.2, 0) is 0 Å². The van der Waals surface area contributed by atoms with E-state index < -0.39 is 17.4 Å². The average molecular weight is 254 g/mol. The molecule has 0 aliphatic carbocycles. The summed E-state index contributed by atoms with van der Waals surface area (Å²) in [4.78, 5) is 1.90. The van der Waals surface area contributed by atoms with Crippen molar-refractivity contribution >= 4 is 0 Å². The largest absolute Gasteiger partial charge is 0.486 e. The van der Waals surface area contributed by atoms with Gasteiger partial charge in [-0.3, -0.25) is 0 Å². The summed E-state index contributed by atoms with van der Waals surface area (Å²) >= 11 is 0. The van der Waals surface area contributed by atoms with Gasteiger partial charge in [0, 0.05) is 5.54 Å². The van der Waals surface area contributed by atoms with Crippen molar-refractivity contribution in [2.75, 3.05) is 20.7 Å². The molecule has 0 spiro atoms. The number of benzene rings is 1. The Balaban J connectivity index is 2.90. The molecule has 3 nitrogen and oxygen atoms in total. The molecule has 0 aliphatic rings. The van der Waals surface area contributed by atoms with Crippen molar-refractivity contribution in [3.05, 3.63) is 29.3 Å². The molecule has 1 rings (SSSR count). The normalized spacial score (nSPS) is 11.4. The standard InChI is InChI=1S/C13H16F2N2O/c1-13(2,17(3)4)8-18-12-10(14)5-9(7-16)6-11(12)15/h5-6H,8H2,1-4H3. The monoisotopic (exact) mass is 254 g/mol. The van der Waals surface area contributed by atoms with Crippen LogP contribution in [-0.4, -0.2) is 31.1 Å². The molecule has 0 atom stereocenters. The first-order valence-electron chi connectivity index (χ1n) is 5.47. The number of ether oxygens (including phenoxy) is 1. The fourth-order valence-corrected chi connectivity index (χ4v) is 1.14. The fraction of sp³-hybridized carbons (Fsp3) is 0.462. The van der Waals surface area contributed by atoms with Crippen molar-refractivity contribution in [3.8, 4) is 11.8 Å². The number of rotatable bonds is 4. The van der Waals surface area contributed by atoms with E-state index in [0.717, 1.165) is 12.1 Å². The van der Waals surface area contributed by atoms with Crippen LogP contribution in [0.15, 0.2) is 12.1 Å². The van der Waals surface area contributed by atoms with Gasteiger partial charge in [-0.1, -0.05) is 0 Å². The lowest BCUT2D eigenvalue weighted by Crippen LogP contribution is -2.43. The predicted octanol–water partition coefficient (Wildman–Crippen LogP) is 2.56. The third-order valence-corrected chi connectivity index (χ3v) is 2.91. The summed E-state index contributed by atoms with van der Waals surface area (Å²) in [6.07, 6.45) is 0. The summed E-state index contributed by atoms with van der Waals surface area (Å²) in [7, 11) is 3.71. The average Bonchev–Trinajstić information content (AvgIpc) is 2.27. The molecule has 0 heterocycles. The van der Waals surface area contributed by atoms with Gasteiger partial charge in [-0.05, 0) is 40.1 Å². The number of likely N-dealkylation sites (N-methyl/N-ethyl adjacent to an activating group) is 1. The van der Waals surface area contributed by atoms with Gasteiger partial charge >= 0.3 is 0 Å². The number of halogens is 2. The van der Waals surface area contributed by atoms with E-state index in [9.17, 15) is 8.78 Å². The van der Waals surface area contributed by atoms with Crippen LogP contribution in [0.4, 0.5) is 8.78 Å². The lowest BCUT2D eigenvalue weighted by molar-refractivity contribution is 0.108. The zero-order valence-electron chi connectivity index (χ0n) is 10.9. The van der Waals surface area contributed by atoms with Crippen LogP contribution in [0.5, 0.6) is 5.75 Å². The van der Waals surface area contributed by atoms with Crippen LogP contribution in [0, 0.1) is 23.0 Å². The van der Waals surface area contributed by atoms with Crippen LogP contribution in [0.3, 0.4) is 0 Å². The maximum absolute atomic E-state index is 13.5. The van der Waals surface area contributed by atoms with Gasteiger partial charge in [0.2, 0.25) is 0 Å². The Bertz CT molecular complexity index is 455. The van der Waals surface area contributed by atoms with E-state index in [-0.39, 0.29) is 17.7 Å². The van der Waals surface area contributed by atoms with E-state index in [2.05, 4.69) is 0 Å². The molecule has 0 N–H and O–H groups in total. The van der Waals surface area contributed by atoms with Gasteiger partial charge in [0.05, 0.1) is 11.6 Å². The Morgan fingerprint density at radius 1 is 1.28 bits per heavy atom. The van der Waals surface area contributed by atoms with Crippen LogP contribution in [0.25, 0.3) is 0 Å². The van der Waals surface area contributed by atoms with Gasteiger partial charge in [-0.2, -0.15) is 5.26 Å². The molecule has 0 bridgehead atoms. The van der Waals surface area contributed by atoms with Crippen LogP contribution in [0.1, 0.15) is 19.4 Å². The van der Waals surface area contributed by atoms with Crippen LogP contribution in [0.2, 0.25) is 0 Å². The molecule has 0 fully saturated rings. The fourth-order valence-electron chi connectivity index (χ4n) is 1.14. The molecular weight excluding hydrogens is 238 g/mol. The smallest absolute Gasteiger partial charge is 0.190 e. The van der Waals surface area contributed by atoms with Gasteiger partial charge in [0.15, 0.2) is 17.4 Å². The van der Waals surface area contributed by atoms with E-state index in [1.165, 1.54) is 0 Å². The van der Waals surface area contributed by atoms with Crippen molar-refractivity contribution in [1.29, 1.82) is 5.26 Å². The summed E-state index contributed by atoms with van der Waals surface area (Å²) in [5.41, 5.74) is -0.420. The van der Waals surface area contributed by atoms with Gasteiger partial charge in [0.25, 0.3) is 0 Å². The lowest BCUT2D eigenvalue weighted by atomic mass is 10.1. The summed E-state index contributed by atoms with van der Waals surface area (Å²) in [6.45, 7) is 3.93. The first kappa shape index (κ1) is 14.4. The van der Waals surface area contributed by atoms with E-state index >= 15 is 0 Å². The molecule has 5 heteroatoms. The van der Waals surface area contributed by atoms with E-state index in [1.54, 1.807) is 6.07 Å². The van der Waals surface area contributed by atoms with Crippen molar-refractivity contribution in [2.45, 2.75) is 19.4 Å². The van der Waals surface area contributed by atoms with Gasteiger partial charge < -0.3 is 9.64 Å². The summed E-state index contributed by atoms with van der Waals surface area (Å²) < 4.78 is 32.3. The van der Waals surface area contributed by atoms with E-state index in [0.29, 0.717) is 0 Å². The minimum Gasteiger partial charge on any atom is -0.486 e. The third-order valence-electron chi connectivity index (χ3n) is 2.91. The zero-order chi connectivity index (χ0) is 13.9. The highest BCUT2D eigenvalue weighted by Crippen LogP contribution is 2.24. The van der Waals surface area contributed by atoms with Crippen molar-refractivity contribution < 1.29 is 13.5 Å². The second kappa shape index (κ2) is 5.32. The number of hydrogen-bond acceptors (Lipinski definition) is 3. The van der Waals surface area contributed by atoms with Crippen molar-refractivity contribution in [3.63, 3.8) is 0 Å². The number of nitriles is 1. The molecule has 0 aliphatic heterocycles. The molecular formula is C13H16F2N2O. The Labute approximate surface area is 106 Å². The van der Waals surface area contributed by atoms with Gasteiger partial charge in [0.1, 0.15) is 6.61 Å². The number of nitrogens with zero attached hydrogens (tertiary/aromatic N) is 2. The highest BCUT2D eigenvalue weighted by Gasteiger charge is 2.23. The third kappa shape index (κ3) is 3.17. The molecule has 0 saturated heterocycles. The Hall–Kier alpha value is -1.67. The molecule has 0 unspecified atom stereocenters. The molecule has 0 radical (unpaired) electrons. The van der Waals surface area contributed by atoms with Crippen LogP contribution < -0.4 is 4.74 Å². The lowest BCUT2D eigenvalue weighted by Gasteiger charge is -2.32. The molecule has 0 saturated carbocycles. The first-order valence-corrected chi connectivity index (χ1v) is 5.47. The first-order chi connectivity index (χ1) is 8.27. The maximum atomic E-state index is 13.5. The predicted molar refractivity (Wildman–Crippen MR) is 64.3 cm³/mol. The summed E-state index contributed by atoms with van der Waals surface area (Å²) in [6, 6.07) is 3.60. The van der Waals surface area contributed by atoms with Crippen LogP contribution >= 0.6 is 0 Å². The Morgan fingerprint density at radius 3 is 2.17 bits per heavy atom. The molecule has 0 aromatic heterocycles. The van der Waals surface area contributed by atoms with Gasteiger partial charge in [-0.15, -0.1) is 0 Å². The highest BCUT2D eigenvalue weighted by atomic mass is 19.1. The second-order valence-corrected chi connectivity index (χ2v) is 4.88. The quantitative estimate of drug-likeness (QED) is 0.828. The van der Waals surface area contributed by atoms with Gasteiger partial charge in [-0.25, -0.2) is 8.78 Å². The molecule has 98 valence electrons. The van der Waals surface area contributed by atoms with Crippen molar-refractivity contribution in [2.24, 2.45) is 0 Å². The Kier molecular flexibility index (Phi) is 4.25. The Morgan fingerprint density at radius 2 is 1.78 bits per heavy atom. The minimum absolute atomic E-state index is 0.0655. The molecule has 18 heavy (non-hydrogen) atoms. The van der Waals surface area contributed by atoms with E-state index in [1.807, 2.05) is 32.8 Å². The summed E-state index contributed by atoms with van der Waals surface area (Å²) in [5, 5.41) is 8.58. The highest BCUT2D eigenvalue weighted by molar-refractivity contribution is 5.37. The maximum Gasteiger partial charge on any atom is 0.190 e. The minimum atomic E-state index is -0.860.